The van der Waals surface area contributed by atoms with Crippen LogP contribution in [0.2, 0.25) is 0 Å². The fraction of sp³-hybridized carbons (Fsp3) is 0.348. The highest BCUT2D eigenvalue weighted by Crippen LogP contribution is 2.36. The van der Waals surface area contributed by atoms with E-state index in [1.54, 1.807) is 4.90 Å². The summed E-state index contributed by atoms with van der Waals surface area (Å²) in [4.78, 5) is 31.2. The van der Waals surface area contributed by atoms with Gasteiger partial charge in [0.05, 0.1) is 23.3 Å². The van der Waals surface area contributed by atoms with Crippen LogP contribution in [0.1, 0.15) is 12.8 Å². The highest BCUT2D eigenvalue weighted by Gasteiger charge is 2.35. The molecule has 2 aliphatic heterocycles. The first-order valence-electron chi connectivity index (χ1n) is 10.6. The molecule has 2 aliphatic rings. The maximum Gasteiger partial charge on any atom is 0.227 e. The molecule has 2 amide bonds. The summed E-state index contributed by atoms with van der Waals surface area (Å²) in [5.41, 5.74) is 2.79. The zero-order chi connectivity index (χ0) is 21.2. The van der Waals surface area contributed by atoms with Crippen molar-refractivity contribution in [3.05, 3.63) is 48.8 Å². The zero-order valence-electron chi connectivity index (χ0n) is 17.1. The highest BCUT2D eigenvalue weighted by atomic mass is 16.6. The molecule has 0 saturated carbocycles. The van der Waals surface area contributed by atoms with Crippen LogP contribution in [-0.2, 0) is 16.1 Å². The number of imidazole rings is 1. The Morgan fingerprint density at radius 2 is 1.97 bits per heavy atom. The number of aryl methyl sites for hydroxylation is 1. The molecule has 1 saturated heterocycles. The van der Waals surface area contributed by atoms with Crippen LogP contribution in [-0.4, -0.2) is 47.7 Å². The lowest BCUT2D eigenvalue weighted by Crippen LogP contribution is -2.33. The van der Waals surface area contributed by atoms with Crippen LogP contribution < -0.4 is 19.7 Å². The van der Waals surface area contributed by atoms with Gasteiger partial charge in [0.2, 0.25) is 11.8 Å². The maximum atomic E-state index is 12.6. The molecule has 3 aromatic rings. The van der Waals surface area contributed by atoms with Gasteiger partial charge < -0.3 is 24.3 Å². The van der Waals surface area contributed by atoms with Gasteiger partial charge in [0.1, 0.15) is 13.2 Å². The van der Waals surface area contributed by atoms with Crippen molar-refractivity contribution in [2.24, 2.45) is 5.92 Å². The Bertz CT molecular complexity index is 1130. The third-order valence-corrected chi connectivity index (χ3v) is 5.74. The molecule has 0 spiro atoms. The van der Waals surface area contributed by atoms with Crippen molar-refractivity contribution in [2.45, 2.75) is 19.4 Å². The Labute approximate surface area is 179 Å². The van der Waals surface area contributed by atoms with Crippen molar-refractivity contribution in [1.29, 1.82) is 0 Å². The van der Waals surface area contributed by atoms with E-state index in [9.17, 15) is 9.59 Å². The second-order valence-electron chi connectivity index (χ2n) is 7.80. The number of hydrogen-bond donors (Lipinski definition) is 1. The van der Waals surface area contributed by atoms with Crippen LogP contribution in [0.5, 0.6) is 11.5 Å². The Kier molecular flexibility index (Phi) is 5.19. The van der Waals surface area contributed by atoms with Gasteiger partial charge in [-0.3, -0.25) is 9.59 Å². The number of anilines is 1. The summed E-state index contributed by atoms with van der Waals surface area (Å²) in [6, 6.07) is 13.4. The molecule has 0 radical (unpaired) electrons. The second kappa shape index (κ2) is 8.29. The maximum absolute atomic E-state index is 12.6. The van der Waals surface area contributed by atoms with Gasteiger partial charge in [-0.05, 0) is 30.7 Å². The molecule has 160 valence electrons. The lowest BCUT2D eigenvalue weighted by Gasteiger charge is -2.22. The van der Waals surface area contributed by atoms with Crippen LogP contribution >= 0.6 is 0 Å². The topological polar surface area (TPSA) is 85.7 Å². The van der Waals surface area contributed by atoms with Crippen LogP contribution in [0.4, 0.5) is 5.69 Å². The van der Waals surface area contributed by atoms with E-state index in [1.807, 2.05) is 48.8 Å². The molecule has 1 fully saturated rings. The number of nitrogens with one attached hydrogen (secondary N) is 1. The average Bonchev–Trinajstić information content (AvgIpc) is 3.40. The molecule has 8 nitrogen and oxygen atoms in total. The fourth-order valence-corrected chi connectivity index (χ4v) is 4.13. The largest absolute Gasteiger partial charge is 0.486 e. The normalized spacial score (nSPS) is 17.9. The number of amides is 2. The molecule has 1 aromatic heterocycles. The monoisotopic (exact) mass is 420 g/mol. The quantitative estimate of drug-likeness (QED) is 0.619. The molecule has 0 bridgehead atoms. The molecule has 3 heterocycles. The van der Waals surface area contributed by atoms with E-state index in [4.69, 9.17) is 9.47 Å². The number of benzene rings is 2. The number of para-hydroxylation sites is 2. The average molecular weight is 420 g/mol. The van der Waals surface area contributed by atoms with Gasteiger partial charge in [-0.15, -0.1) is 0 Å². The lowest BCUT2D eigenvalue weighted by atomic mass is 10.1. The molecule has 31 heavy (non-hydrogen) atoms. The van der Waals surface area contributed by atoms with E-state index in [-0.39, 0.29) is 24.2 Å². The molecule has 5 rings (SSSR count). The predicted molar refractivity (Wildman–Crippen MR) is 115 cm³/mol. The van der Waals surface area contributed by atoms with Crippen LogP contribution in [0.15, 0.2) is 48.8 Å². The number of ether oxygens (including phenoxy) is 2. The van der Waals surface area contributed by atoms with Crippen molar-refractivity contribution < 1.29 is 19.1 Å². The SMILES string of the molecule is O=C(NCCCn1cnc2ccccc21)C1CC(=O)N(c2ccc3c(c2)OCCO3)C1. The van der Waals surface area contributed by atoms with Crippen molar-refractivity contribution in [1.82, 2.24) is 14.9 Å². The lowest BCUT2D eigenvalue weighted by molar-refractivity contribution is -0.126. The molecule has 2 aromatic carbocycles. The number of carbonyl (C=O) groups is 2. The smallest absolute Gasteiger partial charge is 0.227 e. The van der Waals surface area contributed by atoms with E-state index in [2.05, 4.69) is 14.9 Å². The molecule has 0 aliphatic carbocycles. The van der Waals surface area contributed by atoms with Crippen LogP contribution in [0, 0.1) is 5.92 Å². The summed E-state index contributed by atoms with van der Waals surface area (Å²) < 4.78 is 13.2. The van der Waals surface area contributed by atoms with Crippen molar-refractivity contribution in [2.75, 3.05) is 31.2 Å². The number of rotatable bonds is 6. The van der Waals surface area contributed by atoms with Crippen LogP contribution in [0.3, 0.4) is 0 Å². The number of carbonyl (C=O) groups excluding carboxylic acids is 2. The Morgan fingerprint density at radius 1 is 1.13 bits per heavy atom. The summed E-state index contributed by atoms with van der Waals surface area (Å²) in [5, 5.41) is 2.98. The standard InChI is InChI=1S/C23H24N4O4/c28-22-12-16(14-27(22)17-6-7-20-21(13-17)31-11-10-30-20)23(29)24-8-3-9-26-15-25-18-4-1-2-5-19(18)26/h1-2,4-7,13,15-16H,3,8-12,14H2,(H,24,29). The van der Waals surface area contributed by atoms with Crippen molar-refractivity contribution in [3.8, 4) is 11.5 Å². The van der Waals surface area contributed by atoms with Gasteiger partial charge >= 0.3 is 0 Å². The van der Waals surface area contributed by atoms with Crippen LogP contribution in [0.25, 0.3) is 11.0 Å². The highest BCUT2D eigenvalue weighted by molar-refractivity contribution is 6.00. The summed E-state index contributed by atoms with van der Waals surface area (Å²) >= 11 is 0. The van der Waals surface area contributed by atoms with Gasteiger partial charge in [-0.2, -0.15) is 0 Å². The first-order valence-corrected chi connectivity index (χ1v) is 10.6. The first kappa shape index (κ1) is 19.4. The van der Waals surface area contributed by atoms with Gasteiger partial charge in [0.15, 0.2) is 11.5 Å². The van der Waals surface area contributed by atoms with E-state index in [1.165, 1.54) is 0 Å². The molecule has 1 N–H and O–H groups in total. The number of aromatic nitrogens is 2. The number of fused-ring (bicyclic) bond motifs is 2. The van der Waals surface area contributed by atoms with E-state index in [0.717, 1.165) is 29.7 Å². The summed E-state index contributed by atoms with van der Waals surface area (Å²) in [5.74, 6) is 0.832. The van der Waals surface area contributed by atoms with Gasteiger partial charge in [0.25, 0.3) is 0 Å². The third-order valence-electron chi connectivity index (χ3n) is 5.74. The summed E-state index contributed by atoms with van der Waals surface area (Å²) in [7, 11) is 0. The zero-order valence-corrected chi connectivity index (χ0v) is 17.1. The van der Waals surface area contributed by atoms with Gasteiger partial charge in [-0.1, -0.05) is 12.1 Å². The van der Waals surface area contributed by atoms with Crippen molar-refractivity contribution >= 4 is 28.5 Å². The Hall–Kier alpha value is -3.55. The Balaban J connectivity index is 1.14. The fourth-order valence-electron chi connectivity index (χ4n) is 4.13. The van der Waals surface area contributed by atoms with Gasteiger partial charge in [-0.25, -0.2) is 4.98 Å². The minimum Gasteiger partial charge on any atom is -0.486 e. The second-order valence-corrected chi connectivity index (χ2v) is 7.80. The summed E-state index contributed by atoms with van der Waals surface area (Å²) in [6.45, 7) is 2.71. The first-order chi connectivity index (χ1) is 15.2. The number of nitrogens with zero attached hydrogens (tertiary/aromatic N) is 3. The van der Waals surface area contributed by atoms with Gasteiger partial charge in [0, 0.05) is 37.8 Å². The van der Waals surface area contributed by atoms with Crippen molar-refractivity contribution in [3.63, 3.8) is 0 Å². The Morgan fingerprint density at radius 3 is 2.87 bits per heavy atom. The predicted octanol–water partition coefficient (Wildman–Crippen LogP) is 2.37. The third kappa shape index (κ3) is 3.93. The van der Waals surface area contributed by atoms with E-state index >= 15 is 0 Å². The molecular formula is C23H24N4O4. The van der Waals surface area contributed by atoms with E-state index < -0.39 is 0 Å². The minimum atomic E-state index is -0.352. The summed E-state index contributed by atoms with van der Waals surface area (Å²) in [6.07, 6.45) is 2.83. The molecule has 1 unspecified atom stereocenters. The molecule has 1 atom stereocenters. The minimum absolute atomic E-state index is 0.0540. The molecule has 8 heteroatoms. The van der Waals surface area contributed by atoms with E-state index in [0.29, 0.717) is 37.8 Å². The number of hydrogen-bond acceptors (Lipinski definition) is 5. The molecular weight excluding hydrogens is 396 g/mol.